The molecule has 1 fully saturated rings. The predicted molar refractivity (Wildman–Crippen MR) is 66.6 cm³/mol. The van der Waals surface area contributed by atoms with Gasteiger partial charge in [0, 0.05) is 12.5 Å². The summed E-state index contributed by atoms with van der Waals surface area (Å²) in [6.45, 7) is 4.21. The summed E-state index contributed by atoms with van der Waals surface area (Å²) in [6, 6.07) is 0.325. The average molecular weight is 237 g/mol. The van der Waals surface area contributed by atoms with Crippen LogP contribution in [0, 0.1) is 5.92 Å². The molecule has 4 nitrogen and oxygen atoms in total. The minimum Gasteiger partial charge on any atom is -0.388 e. The number of nitrogens with zero attached hydrogens (tertiary/aromatic N) is 3. The van der Waals surface area contributed by atoms with Gasteiger partial charge in [-0.1, -0.05) is 25.7 Å². The molecule has 0 atom stereocenters. The van der Waals surface area contributed by atoms with Crippen LogP contribution in [0.4, 0.5) is 0 Å². The summed E-state index contributed by atoms with van der Waals surface area (Å²) in [6.07, 6.45) is 7.75. The van der Waals surface area contributed by atoms with Gasteiger partial charge in [0.05, 0.1) is 0 Å². The molecule has 0 spiro atoms. The van der Waals surface area contributed by atoms with E-state index in [4.69, 9.17) is 0 Å². The Kier molecular flexibility index (Phi) is 4.15. The molecule has 1 saturated carbocycles. The molecule has 0 aliphatic heterocycles. The first-order chi connectivity index (χ1) is 8.22. The van der Waals surface area contributed by atoms with Crippen molar-refractivity contribution >= 4 is 0 Å². The SMILES string of the molecule is CC(C)n1c(CO)nnc1CCC1CCCC1. The molecule has 0 aromatic carbocycles. The molecule has 0 bridgehead atoms. The van der Waals surface area contributed by atoms with Gasteiger partial charge in [0.25, 0.3) is 0 Å². The van der Waals surface area contributed by atoms with Crippen LogP contribution in [0.3, 0.4) is 0 Å². The van der Waals surface area contributed by atoms with E-state index in [0.29, 0.717) is 11.9 Å². The fourth-order valence-corrected chi connectivity index (χ4v) is 2.87. The molecule has 2 rings (SSSR count). The molecule has 1 aromatic heterocycles. The number of aliphatic hydroxyl groups is 1. The van der Waals surface area contributed by atoms with Gasteiger partial charge in [0.2, 0.25) is 0 Å². The van der Waals surface area contributed by atoms with Gasteiger partial charge in [-0.3, -0.25) is 0 Å². The summed E-state index contributed by atoms with van der Waals surface area (Å²) in [7, 11) is 0. The molecule has 1 aliphatic carbocycles. The van der Waals surface area contributed by atoms with Crippen LogP contribution >= 0.6 is 0 Å². The largest absolute Gasteiger partial charge is 0.388 e. The number of aliphatic hydroxyl groups excluding tert-OH is 1. The lowest BCUT2D eigenvalue weighted by Crippen LogP contribution is -2.11. The Hall–Kier alpha value is -0.900. The first-order valence-corrected chi connectivity index (χ1v) is 6.76. The van der Waals surface area contributed by atoms with Crippen molar-refractivity contribution in [3.05, 3.63) is 11.6 Å². The van der Waals surface area contributed by atoms with Crippen molar-refractivity contribution < 1.29 is 5.11 Å². The summed E-state index contributed by atoms with van der Waals surface area (Å²) in [5, 5.41) is 17.5. The molecule has 0 unspecified atom stereocenters. The molecule has 0 saturated heterocycles. The van der Waals surface area contributed by atoms with E-state index in [1.54, 1.807) is 0 Å². The molecule has 1 aliphatic rings. The number of hydrogen-bond donors (Lipinski definition) is 1. The maximum absolute atomic E-state index is 9.24. The first kappa shape index (κ1) is 12.6. The van der Waals surface area contributed by atoms with E-state index in [-0.39, 0.29) is 6.61 Å². The van der Waals surface area contributed by atoms with E-state index in [1.807, 2.05) is 0 Å². The number of aryl methyl sites for hydroxylation is 1. The van der Waals surface area contributed by atoms with Crippen molar-refractivity contribution in [3.8, 4) is 0 Å². The fraction of sp³-hybridized carbons (Fsp3) is 0.846. The summed E-state index contributed by atoms with van der Waals surface area (Å²) >= 11 is 0. The van der Waals surface area contributed by atoms with Crippen molar-refractivity contribution in [2.75, 3.05) is 0 Å². The van der Waals surface area contributed by atoms with Gasteiger partial charge in [-0.2, -0.15) is 0 Å². The fourth-order valence-electron chi connectivity index (χ4n) is 2.87. The van der Waals surface area contributed by atoms with E-state index < -0.39 is 0 Å². The second-order valence-corrected chi connectivity index (χ2v) is 5.34. The maximum atomic E-state index is 9.24. The van der Waals surface area contributed by atoms with Gasteiger partial charge in [0.15, 0.2) is 5.82 Å². The van der Waals surface area contributed by atoms with Crippen LogP contribution in [0.5, 0.6) is 0 Å². The van der Waals surface area contributed by atoms with Crippen molar-refractivity contribution in [1.29, 1.82) is 0 Å². The molecule has 1 N–H and O–H groups in total. The van der Waals surface area contributed by atoms with Crippen LogP contribution in [0.2, 0.25) is 0 Å². The van der Waals surface area contributed by atoms with Gasteiger partial charge in [0.1, 0.15) is 12.4 Å². The van der Waals surface area contributed by atoms with Crippen molar-refractivity contribution in [1.82, 2.24) is 14.8 Å². The molecule has 1 heterocycles. The van der Waals surface area contributed by atoms with Crippen LogP contribution in [-0.2, 0) is 13.0 Å². The Morgan fingerprint density at radius 2 is 1.88 bits per heavy atom. The Morgan fingerprint density at radius 3 is 2.47 bits per heavy atom. The lowest BCUT2D eigenvalue weighted by atomic mass is 10.0. The van der Waals surface area contributed by atoms with Crippen LogP contribution in [0.25, 0.3) is 0 Å². The molecular formula is C13H23N3O. The lowest BCUT2D eigenvalue weighted by Gasteiger charge is -2.14. The number of hydrogen-bond acceptors (Lipinski definition) is 3. The average Bonchev–Trinajstić information content (AvgIpc) is 2.95. The molecule has 4 heteroatoms. The maximum Gasteiger partial charge on any atom is 0.159 e. The topological polar surface area (TPSA) is 50.9 Å². The molecule has 17 heavy (non-hydrogen) atoms. The molecule has 0 radical (unpaired) electrons. The summed E-state index contributed by atoms with van der Waals surface area (Å²) < 4.78 is 2.08. The van der Waals surface area contributed by atoms with E-state index in [1.165, 1.54) is 32.1 Å². The first-order valence-electron chi connectivity index (χ1n) is 6.76. The molecular weight excluding hydrogens is 214 g/mol. The van der Waals surface area contributed by atoms with Crippen molar-refractivity contribution in [2.45, 2.75) is 65.0 Å². The van der Waals surface area contributed by atoms with Crippen LogP contribution < -0.4 is 0 Å². The third kappa shape index (κ3) is 2.86. The predicted octanol–water partition coefficient (Wildman–Crippen LogP) is 2.47. The molecule has 1 aromatic rings. The van der Waals surface area contributed by atoms with Crippen molar-refractivity contribution in [2.24, 2.45) is 5.92 Å². The lowest BCUT2D eigenvalue weighted by molar-refractivity contribution is 0.261. The quantitative estimate of drug-likeness (QED) is 0.856. The number of rotatable bonds is 5. The number of aromatic nitrogens is 3. The zero-order chi connectivity index (χ0) is 12.3. The Bertz CT molecular complexity index is 354. The Morgan fingerprint density at radius 1 is 1.24 bits per heavy atom. The highest BCUT2D eigenvalue weighted by Crippen LogP contribution is 2.28. The highest BCUT2D eigenvalue weighted by atomic mass is 16.3. The van der Waals surface area contributed by atoms with E-state index in [0.717, 1.165) is 18.2 Å². The molecule has 0 amide bonds. The highest BCUT2D eigenvalue weighted by molar-refractivity contribution is 4.97. The monoisotopic (exact) mass is 237 g/mol. The minimum atomic E-state index is -0.0192. The van der Waals surface area contributed by atoms with Crippen LogP contribution in [0.15, 0.2) is 0 Å². The summed E-state index contributed by atoms with van der Waals surface area (Å²) in [5.41, 5.74) is 0. The van der Waals surface area contributed by atoms with Gasteiger partial charge in [-0.15, -0.1) is 10.2 Å². The zero-order valence-electron chi connectivity index (χ0n) is 10.9. The highest BCUT2D eigenvalue weighted by Gasteiger charge is 2.18. The second kappa shape index (κ2) is 5.63. The minimum absolute atomic E-state index is 0.0192. The van der Waals surface area contributed by atoms with Crippen molar-refractivity contribution in [3.63, 3.8) is 0 Å². The third-order valence-electron chi connectivity index (χ3n) is 3.75. The van der Waals surface area contributed by atoms with Gasteiger partial charge in [-0.25, -0.2) is 0 Å². The van der Waals surface area contributed by atoms with Gasteiger partial charge >= 0.3 is 0 Å². The second-order valence-electron chi connectivity index (χ2n) is 5.34. The Balaban J connectivity index is 2.01. The van der Waals surface area contributed by atoms with Crippen LogP contribution in [0.1, 0.15) is 63.6 Å². The summed E-state index contributed by atoms with van der Waals surface area (Å²) in [4.78, 5) is 0. The van der Waals surface area contributed by atoms with Gasteiger partial charge in [-0.05, 0) is 26.2 Å². The third-order valence-corrected chi connectivity index (χ3v) is 3.75. The van der Waals surface area contributed by atoms with Gasteiger partial charge < -0.3 is 9.67 Å². The van der Waals surface area contributed by atoms with Crippen LogP contribution in [-0.4, -0.2) is 19.9 Å². The normalized spacial score (nSPS) is 17.2. The summed E-state index contributed by atoms with van der Waals surface area (Å²) in [5.74, 6) is 2.61. The zero-order valence-corrected chi connectivity index (χ0v) is 10.9. The van der Waals surface area contributed by atoms with E-state index >= 15 is 0 Å². The van der Waals surface area contributed by atoms with E-state index in [9.17, 15) is 5.11 Å². The smallest absolute Gasteiger partial charge is 0.159 e. The standard InChI is InChI=1S/C13H23N3O/c1-10(2)16-12(14-15-13(16)9-17)8-7-11-5-3-4-6-11/h10-11,17H,3-9H2,1-2H3. The Labute approximate surface area is 103 Å². The van der Waals surface area contributed by atoms with E-state index in [2.05, 4.69) is 28.6 Å². The molecule has 96 valence electrons.